The maximum absolute atomic E-state index is 12.9. The van der Waals surface area contributed by atoms with Gasteiger partial charge < -0.3 is 10.2 Å². The first-order chi connectivity index (χ1) is 13.9. The molecular weight excluding hydrogens is 426 g/mol. The Kier molecular flexibility index (Phi) is 5.72. The number of halogens is 1. The van der Waals surface area contributed by atoms with E-state index in [0.29, 0.717) is 26.2 Å². The van der Waals surface area contributed by atoms with Crippen LogP contribution in [0.3, 0.4) is 0 Å². The highest BCUT2D eigenvalue weighted by Crippen LogP contribution is 2.35. The number of rotatable bonds is 4. The zero-order chi connectivity index (χ0) is 20.5. The first-order valence-corrected chi connectivity index (χ1v) is 11.4. The summed E-state index contributed by atoms with van der Waals surface area (Å²) in [6.07, 6.45) is 2.09. The summed E-state index contributed by atoms with van der Waals surface area (Å²) in [5.74, 6) is -0.190. The number of aryl methyl sites for hydroxylation is 1. The van der Waals surface area contributed by atoms with E-state index in [1.807, 2.05) is 49.1 Å². The predicted molar refractivity (Wildman–Crippen MR) is 119 cm³/mol. The van der Waals surface area contributed by atoms with E-state index >= 15 is 0 Å². The number of thiophene rings is 1. The molecule has 1 saturated heterocycles. The number of benzene rings is 1. The fraction of sp³-hybridized carbons (Fsp3) is 0.286. The molecule has 3 aromatic rings. The van der Waals surface area contributed by atoms with Crippen molar-refractivity contribution in [1.29, 1.82) is 0 Å². The van der Waals surface area contributed by atoms with Crippen LogP contribution in [0.2, 0.25) is 4.34 Å². The van der Waals surface area contributed by atoms with Gasteiger partial charge in [-0.05, 0) is 56.5 Å². The van der Waals surface area contributed by atoms with Crippen LogP contribution < -0.4 is 5.32 Å². The maximum atomic E-state index is 12.9. The van der Waals surface area contributed by atoms with Crippen LogP contribution in [0.25, 0.3) is 9.88 Å². The third kappa shape index (κ3) is 4.08. The van der Waals surface area contributed by atoms with E-state index in [1.54, 1.807) is 0 Å². The van der Waals surface area contributed by atoms with Crippen molar-refractivity contribution < 1.29 is 9.59 Å². The van der Waals surface area contributed by atoms with Crippen molar-refractivity contribution in [2.75, 3.05) is 18.4 Å². The highest BCUT2D eigenvalue weighted by atomic mass is 35.5. The molecule has 1 fully saturated rings. The van der Waals surface area contributed by atoms with Gasteiger partial charge in [-0.25, -0.2) is 4.98 Å². The van der Waals surface area contributed by atoms with Crippen molar-refractivity contribution >= 4 is 51.8 Å². The summed E-state index contributed by atoms with van der Waals surface area (Å²) < 4.78 is 0.689. The minimum atomic E-state index is -0.220. The minimum absolute atomic E-state index is 0.0296. The predicted octanol–water partition coefficient (Wildman–Crippen LogP) is 5.63. The summed E-state index contributed by atoms with van der Waals surface area (Å²) in [5.41, 5.74) is 2.74. The number of likely N-dealkylation sites (tertiary alicyclic amines) is 1. The normalized spacial score (nSPS) is 13.7. The summed E-state index contributed by atoms with van der Waals surface area (Å²) in [6, 6.07) is 9.19. The van der Waals surface area contributed by atoms with E-state index in [9.17, 15) is 9.59 Å². The molecule has 150 valence electrons. The first kappa shape index (κ1) is 20.1. The second-order valence-electron chi connectivity index (χ2n) is 6.97. The van der Waals surface area contributed by atoms with Crippen LogP contribution in [0.15, 0.2) is 30.3 Å². The van der Waals surface area contributed by atoms with Gasteiger partial charge in [-0.3, -0.25) is 9.59 Å². The number of amides is 2. The third-order valence-corrected chi connectivity index (χ3v) is 7.55. The molecule has 2 aromatic heterocycles. The van der Waals surface area contributed by atoms with Gasteiger partial charge in [0.25, 0.3) is 11.8 Å². The van der Waals surface area contributed by atoms with Crippen molar-refractivity contribution in [1.82, 2.24) is 9.88 Å². The van der Waals surface area contributed by atoms with Crippen molar-refractivity contribution in [2.24, 2.45) is 0 Å². The topological polar surface area (TPSA) is 62.3 Å². The Hall–Kier alpha value is -2.22. The van der Waals surface area contributed by atoms with Crippen molar-refractivity contribution in [3.8, 4) is 9.88 Å². The molecule has 0 bridgehead atoms. The lowest BCUT2D eigenvalue weighted by atomic mass is 10.1. The fourth-order valence-electron chi connectivity index (χ4n) is 3.41. The van der Waals surface area contributed by atoms with Crippen molar-refractivity contribution in [3.05, 3.63) is 56.4 Å². The molecule has 1 aliphatic rings. The first-order valence-electron chi connectivity index (χ1n) is 9.37. The average molecular weight is 446 g/mol. The molecule has 5 nitrogen and oxygen atoms in total. The Bertz CT molecular complexity index is 1080. The number of aromatic nitrogens is 1. The van der Waals surface area contributed by atoms with Crippen LogP contribution in [0, 0.1) is 13.8 Å². The van der Waals surface area contributed by atoms with Crippen LogP contribution in [0.5, 0.6) is 0 Å². The molecule has 1 N–H and O–H groups in total. The lowest BCUT2D eigenvalue weighted by Gasteiger charge is -2.18. The van der Waals surface area contributed by atoms with E-state index < -0.39 is 0 Å². The summed E-state index contributed by atoms with van der Waals surface area (Å²) in [4.78, 5) is 33.6. The third-order valence-electron chi connectivity index (χ3n) is 4.99. The summed E-state index contributed by atoms with van der Waals surface area (Å²) in [7, 11) is 0. The standard InChI is InChI=1S/C21H20ClN3O2S2/c1-12-14(21(27)25-10-3-4-11-25)6-5-7-15(12)24-19(26)18-13(2)23-20(29-18)16-8-9-17(22)28-16/h5-9H,3-4,10-11H2,1-2H3,(H,24,26). The van der Waals surface area contributed by atoms with Crippen molar-refractivity contribution in [2.45, 2.75) is 26.7 Å². The lowest BCUT2D eigenvalue weighted by molar-refractivity contribution is 0.0791. The molecule has 4 rings (SSSR count). The Morgan fingerprint density at radius 3 is 2.55 bits per heavy atom. The second-order valence-corrected chi connectivity index (χ2v) is 9.68. The number of thiazole rings is 1. The molecule has 2 amide bonds. The number of carbonyl (C=O) groups is 2. The Labute approximate surface area is 182 Å². The SMILES string of the molecule is Cc1nc(-c2ccc(Cl)s2)sc1C(=O)Nc1cccc(C(=O)N2CCCC2)c1C. The Balaban J connectivity index is 1.57. The highest BCUT2D eigenvalue weighted by Gasteiger charge is 2.23. The molecule has 0 radical (unpaired) electrons. The smallest absolute Gasteiger partial charge is 0.267 e. The molecule has 0 atom stereocenters. The summed E-state index contributed by atoms with van der Waals surface area (Å²) in [5, 5.41) is 3.74. The number of hydrogen-bond donors (Lipinski definition) is 1. The van der Waals surface area contributed by atoms with Crippen molar-refractivity contribution in [3.63, 3.8) is 0 Å². The van der Waals surface area contributed by atoms with E-state index in [2.05, 4.69) is 10.3 Å². The Morgan fingerprint density at radius 2 is 1.86 bits per heavy atom. The van der Waals surface area contributed by atoms with Crippen LogP contribution >= 0.6 is 34.3 Å². The molecular formula is C21H20ClN3O2S2. The van der Waals surface area contributed by atoms with Gasteiger partial charge >= 0.3 is 0 Å². The summed E-state index contributed by atoms with van der Waals surface area (Å²) >= 11 is 8.80. The van der Waals surface area contributed by atoms with Gasteiger partial charge in [-0.15, -0.1) is 22.7 Å². The minimum Gasteiger partial charge on any atom is -0.339 e. The number of hydrogen-bond acceptors (Lipinski definition) is 5. The monoisotopic (exact) mass is 445 g/mol. The molecule has 0 saturated carbocycles. The van der Waals surface area contributed by atoms with Crippen LogP contribution in [0.4, 0.5) is 5.69 Å². The van der Waals surface area contributed by atoms with Gasteiger partial charge in [-0.2, -0.15) is 0 Å². The number of carbonyl (C=O) groups excluding carboxylic acids is 2. The number of anilines is 1. The molecule has 29 heavy (non-hydrogen) atoms. The van der Waals surface area contributed by atoms with Gasteiger partial charge in [0.05, 0.1) is 14.9 Å². The molecule has 8 heteroatoms. The molecule has 0 aliphatic carbocycles. The molecule has 3 heterocycles. The zero-order valence-corrected chi connectivity index (χ0v) is 18.5. The summed E-state index contributed by atoms with van der Waals surface area (Å²) in [6.45, 7) is 5.29. The molecule has 1 aliphatic heterocycles. The van der Waals surface area contributed by atoms with Gasteiger partial charge in [0.2, 0.25) is 0 Å². The lowest BCUT2D eigenvalue weighted by Crippen LogP contribution is -2.28. The van der Waals surface area contributed by atoms with E-state index in [0.717, 1.165) is 41.4 Å². The zero-order valence-electron chi connectivity index (χ0n) is 16.1. The Morgan fingerprint density at radius 1 is 1.10 bits per heavy atom. The van der Waals surface area contributed by atoms with Gasteiger partial charge in [0, 0.05) is 24.3 Å². The van der Waals surface area contributed by atoms with E-state index in [1.165, 1.54) is 22.7 Å². The molecule has 1 aromatic carbocycles. The second kappa shape index (κ2) is 8.26. The molecule has 0 unspecified atom stereocenters. The fourth-order valence-corrected chi connectivity index (χ4v) is 5.47. The average Bonchev–Trinajstić information content (AvgIpc) is 3.43. The number of nitrogens with zero attached hydrogens (tertiary/aromatic N) is 2. The molecule has 0 spiro atoms. The highest BCUT2D eigenvalue weighted by molar-refractivity contribution is 7.24. The van der Waals surface area contributed by atoms with Gasteiger partial charge in [0.1, 0.15) is 9.88 Å². The quantitative estimate of drug-likeness (QED) is 0.566. The van der Waals surface area contributed by atoms with Crippen LogP contribution in [-0.2, 0) is 0 Å². The largest absolute Gasteiger partial charge is 0.339 e. The van der Waals surface area contributed by atoms with Gasteiger partial charge in [-0.1, -0.05) is 17.7 Å². The maximum Gasteiger partial charge on any atom is 0.267 e. The van der Waals surface area contributed by atoms with Gasteiger partial charge in [0.15, 0.2) is 0 Å². The van der Waals surface area contributed by atoms with Crippen LogP contribution in [0.1, 0.15) is 44.1 Å². The van der Waals surface area contributed by atoms with E-state index in [4.69, 9.17) is 11.6 Å². The van der Waals surface area contributed by atoms with Crippen LogP contribution in [-0.4, -0.2) is 34.8 Å². The number of nitrogens with one attached hydrogen (secondary N) is 1. The van der Waals surface area contributed by atoms with E-state index in [-0.39, 0.29) is 11.8 Å².